The molecule has 2 rings (SSSR count). The van der Waals surface area contributed by atoms with E-state index in [1.165, 1.54) is 19.4 Å². The zero-order chi connectivity index (χ0) is 11.5. The van der Waals surface area contributed by atoms with Gasteiger partial charge in [-0.1, -0.05) is 17.7 Å². The van der Waals surface area contributed by atoms with Crippen molar-refractivity contribution in [1.82, 2.24) is 4.90 Å². The van der Waals surface area contributed by atoms with Gasteiger partial charge in [-0.05, 0) is 51.1 Å². The van der Waals surface area contributed by atoms with Crippen LogP contribution in [0.3, 0.4) is 0 Å². The van der Waals surface area contributed by atoms with Crippen LogP contribution in [0.15, 0.2) is 18.2 Å². The van der Waals surface area contributed by atoms with Crippen LogP contribution in [0.1, 0.15) is 18.4 Å². The third-order valence-corrected chi connectivity index (χ3v) is 3.79. The van der Waals surface area contributed by atoms with Crippen LogP contribution in [0.25, 0.3) is 0 Å². The van der Waals surface area contributed by atoms with Crippen molar-refractivity contribution in [2.24, 2.45) is 0 Å². The molecule has 1 aromatic rings. The third kappa shape index (κ3) is 2.69. The van der Waals surface area contributed by atoms with E-state index in [4.69, 9.17) is 11.6 Å². The van der Waals surface area contributed by atoms with Gasteiger partial charge in [0, 0.05) is 23.3 Å². The highest BCUT2D eigenvalue weighted by Crippen LogP contribution is 2.21. The molecule has 1 saturated heterocycles. The average Bonchev–Trinajstić information content (AvgIpc) is 2.66. The second kappa shape index (κ2) is 5.07. The van der Waals surface area contributed by atoms with Crippen LogP contribution in [-0.2, 0) is 0 Å². The maximum atomic E-state index is 6.09. The first-order chi connectivity index (χ1) is 7.66. The van der Waals surface area contributed by atoms with Gasteiger partial charge in [-0.2, -0.15) is 0 Å². The minimum absolute atomic E-state index is 0.667. The van der Waals surface area contributed by atoms with Gasteiger partial charge in [0.05, 0.1) is 0 Å². The van der Waals surface area contributed by atoms with Crippen LogP contribution in [0.4, 0.5) is 5.69 Å². The van der Waals surface area contributed by atoms with E-state index in [9.17, 15) is 0 Å². The SMILES string of the molecule is Cc1ccc(NCC2CCCN2C)cc1Cl. The molecule has 0 amide bonds. The zero-order valence-electron chi connectivity index (χ0n) is 9.96. The van der Waals surface area contributed by atoms with Crippen LogP contribution in [0.2, 0.25) is 5.02 Å². The molecule has 1 fully saturated rings. The lowest BCUT2D eigenvalue weighted by Gasteiger charge is -2.20. The van der Waals surface area contributed by atoms with Crippen molar-refractivity contribution >= 4 is 17.3 Å². The quantitative estimate of drug-likeness (QED) is 0.870. The van der Waals surface area contributed by atoms with E-state index in [0.717, 1.165) is 22.8 Å². The maximum Gasteiger partial charge on any atom is 0.0455 e. The predicted octanol–water partition coefficient (Wildman–Crippen LogP) is 3.15. The molecule has 3 heteroatoms. The summed E-state index contributed by atoms with van der Waals surface area (Å²) in [5, 5.41) is 4.30. The van der Waals surface area contributed by atoms with Gasteiger partial charge < -0.3 is 10.2 Å². The maximum absolute atomic E-state index is 6.09. The first kappa shape index (κ1) is 11.7. The fourth-order valence-corrected chi connectivity index (χ4v) is 2.36. The fraction of sp³-hybridized carbons (Fsp3) is 0.538. The summed E-state index contributed by atoms with van der Waals surface area (Å²) in [5.41, 5.74) is 2.25. The van der Waals surface area contributed by atoms with E-state index in [1.807, 2.05) is 13.0 Å². The monoisotopic (exact) mass is 238 g/mol. The molecule has 1 heterocycles. The Kier molecular flexibility index (Phi) is 3.72. The van der Waals surface area contributed by atoms with Crippen LogP contribution in [-0.4, -0.2) is 31.1 Å². The van der Waals surface area contributed by atoms with E-state index < -0.39 is 0 Å². The number of hydrogen-bond donors (Lipinski definition) is 1. The van der Waals surface area contributed by atoms with Crippen molar-refractivity contribution in [3.8, 4) is 0 Å². The molecule has 1 unspecified atom stereocenters. The van der Waals surface area contributed by atoms with Gasteiger partial charge in [-0.25, -0.2) is 0 Å². The summed E-state index contributed by atoms with van der Waals surface area (Å²) in [4.78, 5) is 2.42. The molecule has 0 bridgehead atoms. The van der Waals surface area contributed by atoms with Crippen molar-refractivity contribution < 1.29 is 0 Å². The Morgan fingerprint density at radius 1 is 1.50 bits per heavy atom. The number of aryl methyl sites for hydroxylation is 1. The highest BCUT2D eigenvalue weighted by molar-refractivity contribution is 6.31. The first-order valence-corrected chi connectivity index (χ1v) is 6.25. The second-order valence-corrected chi connectivity index (χ2v) is 5.03. The molecule has 0 aromatic heterocycles. The van der Waals surface area contributed by atoms with Gasteiger partial charge in [-0.3, -0.25) is 0 Å². The number of hydrogen-bond acceptors (Lipinski definition) is 2. The number of rotatable bonds is 3. The lowest BCUT2D eigenvalue weighted by molar-refractivity contribution is 0.322. The molecule has 1 N–H and O–H groups in total. The Labute approximate surface area is 103 Å². The standard InChI is InChI=1S/C13H19ClN2/c1-10-5-6-11(8-13(10)14)15-9-12-4-3-7-16(12)2/h5-6,8,12,15H,3-4,7,9H2,1-2H3. The average molecular weight is 239 g/mol. The van der Waals surface area contributed by atoms with Crippen molar-refractivity contribution in [3.05, 3.63) is 28.8 Å². The number of likely N-dealkylation sites (tertiary alicyclic amines) is 1. The van der Waals surface area contributed by atoms with Crippen LogP contribution in [0.5, 0.6) is 0 Å². The number of anilines is 1. The predicted molar refractivity (Wildman–Crippen MR) is 70.3 cm³/mol. The van der Waals surface area contributed by atoms with Gasteiger partial charge in [0.2, 0.25) is 0 Å². The van der Waals surface area contributed by atoms with E-state index >= 15 is 0 Å². The second-order valence-electron chi connectivity index (χ2n) is 4.62. The summed E-state index contributed by atoms with van der Waals surface area (Å²) in [6, 6.07) is 6.82. The molecule has 1 atom stereocenters. The van der Waals surface area contributed by atoms with Gasteiger partial charge in [0.1, 0.15) is 0 Å². The Morgan fingerprint density at radius 3 is 2.94 bits per heavy atom. The molecule has 1 aromatic carbocycles. The minimum Gasteiger partial charge on any atom is -0.383 e. The molecule has 88 valence electrons. The first-order valence-electron chi connectivity index (χ1n) is 5.87. The van der Waals surface area contributed by atoms with E-state index in [-0.39, 0.29) is 0 Å². The van der Waals surface area contributed by atoms with Crippen molar-refractivity contribution in [2.45, 2.75) is 25.8 Å². The largest absolute Gasteiger partial charge is 0.383 e. The van der Waals surface area contributed by atoms with Crippen molar-refractivity contribution in [2.75, 3.05) is 25.5 Å². The van der Waals surface area contributed by atoms with Crippen LogP contribution >= 0.6 is 11.6 Å². The molecule has 2 nitrogen and oxygen atoms in total. The van der Waals surface area contributed by atoms with Crippen molar-refractivity contribution in [1.29, 1.82) is 0 Å². The molecule has 0 aliphatic carbocycles. The fourth-order valence-electron chi connectivity index (χ4n) is 2.18. The molecular formula is C13H19ClN2. The number of nitrogens with one attached hydrogen (secondary N) is 1. The third-order valence-electron chi connectivity index (χ3n) is 3.39. The highest BCUT2D eigenvalue weighted by Gasteiger charge is 2.20. The highest BCUT2D eigenvalue weighted by atomic mass is 35.5. The molecule has 0 radical (unpaired) electrons. The molecule has 0 spiro atoms. The Balaban J connectivity index is 1.91. The topological polar surface area (TPSA) is 15.3 Å². The Bertz CT molecular complexity index is 365. The molecule has 0 saturated carbocycles. The summed E-state index contributed by atoms with van der Waals surface area (Å²) in [6.45, 7) is 4.26. The summed E-state index contributed by atoms with van der Waals surface area (Å²) >= 11 is 6.09. The Hall–Kier alpha value is -0.730. The number of halogens is 1. The molecular weight excluding hydrogens is 220 g/mol. The zero-order valence-corrected chi connectivity index (χ0v) is 10.7. The van der Waals surface area contributed by atoms with Gasteiger partial charge >= 0.3 is 0 Å². The minimum atomic E-state index is 0.667. The Morgan fingerprint density at radius 2 is 2.31 bits per heavy atom. The van der Waals surface area contributed by atoms with E-state index in [2.05, 4.69) is 29.4 Å². The molecule has 16 heavy (non-hydrogen) atoms. The molecule has 1 aliphatic rings. The van der Waals surface area contributed by atoms with Crippen LogP contribution in [0, 0.1) is 6.92 Å². The lowest BCUT2D eigenvalue weighted by atomic mass is 10.2. The summed E-state index contributed by atoms with van der Waals surface area (Å²) < 4.78 is 0. The van der Waals surface area contributed by atoms with Gasteiger partial charge in [0.25, 0.3) is 0 Å². The molecule has 1 aliphatic heterocycles. The van der Waals surface area contributed by atoms with Crippen molar-refractivity contribution in [3.63, 3.8) is 0 Å². The van der Waals surface area contributed by atoms with Crippen LogP contribution < -0.4 is 5.32 Å². The number of nitrogens with zero attached hydrogens (tertiary/aromatic N) is 1. The number of benzene rings is 1. The van der Waals surface area contributed by atoms with E-state index in [0.29, 0.717) is 6.04 Å². The van der Waals surface area contributed by atoms with Gasteiger partial charge in [0.15, 0.2) is 0 Å². The smallest absolute Gasteiger partial charge is 0.0455 e. The summed E-state index contributed by atoms with van der Waals surface area (Å²) in [5.74, 6) is 0. The van der Waals surface area contributed by atoms with E-state index in [1.54, 1.807) is 0 Å². The number of likely N-dealkylation sites (N-methyl/N-ethyl adjacent to an activating group) is 1. The summed E-state index contributed by atoms with van der Waals surface area (Å²) in [7, 11) is 2.20. The normalized spacial score (nSPS) is 21.3. The lowest BCUT2D eigenvalue weighted by Crippen LogP contribution is -2.31. The van der Waals surface area contributed by atoms with Gasteiger partial charge in [-0.15, -0.1) is 0 Å². The summed E-state index contributed by atoms with van der Waals surface area (Å²) in [6.07, 6.45) is 2.61.